The highest BCUT2D eigenvalue weighted by Crippen LogP contribution is 2.26. The molecule has 0 aliphatic heterocycles. The van der Waals surface area contributed by atoms with Crippen molar-refractivity contribution >= 4 is 29.9 Å². The molecule has 6 heteroatoms. The first kappa shape index (κ1) is 19.7. The molecule has 0 aromatic carbocycles. The number of nitrogens with one attached hydrogen (secondary N) is 2. The van der Waals surface area contributed by atoms with Crippen molar-refractivity contribution in [3.05, 3.63) is 12.2 Å². The van der Waals surface area contributed by atoms with Crippen molar-refractivity contribution in [3.63, 3.8) is 0 Å². The van der Waals surface area contributed by atoms with E-state index in [-0.39, 0.29) is 24.0 Å². The van der Waals surface area contributed by atoms with Crippen molar-refractivity contribution < 1.29 is 4.74 Å². The Hall–Kier alpha value is -0.340. The van der Waals surface area contributed by atoms with Crippen molar-refractivity contribution in [2.45, 2.75) is 44.7 Å². The Bertz CT molecular complexity index is 350. The summed E-state index contributed by atoms with van der Waals surface area (Å²) in [5.41, 5.74) is 0. The molecule has 1 fully saturated rings. The molecule has 0 amide bonds. The van der Waals surface area contributed by atoms with Crippen molar-refractivity contribution in [1.82, 2.24) is 15.5 Å². The third kappa shape index (κ3) is 7.28. The molecule has 0 aromatic rings. The highest BCUT2D eigenvalue weighted by molar-refractivity contribution is 14.0. The number of ether oxygens (including phenoxy) is 1. The summed E-state index contributed by atoms with van der Waals surface area (Å²) >= 11 is 0. The van der Waals surface area contributed by atoms with Crippen LogP contribution in [0, 0.1) is 0 Å². The summed E-state index contributed by atoms with van der Waals surface area (Å²) in [5, 5.41) is 6.85. The van der Waals surface area contributed by atoms with E-state index in [0.717, 1.165) is 57.6 Å². The van der Waals surface area contributed by atoms with Crippen LogP contribution in [0.2, 0.25) is 0 Å². The van der Waals surface area contributed by atoms with Crippen LogP contribution in [-0.2, 0) is 4.74 Å². The predicted molar refractivity (Wildman–Crippen MR) is 103 cm³/mol. The second kappa shape index (κ2) is 11.2. The molecule has 0 aromatic heterocycles. The third-order valence-corrected chi connectivity index (χ3v) is 4.00. The average molecular weight is 422 g/mol. The molecule has 2 aliphatic rings. The molecule has 0 saturated heterocycles. The number of methoxy groups -OCH3 is 1. The topological polar surface area (TPSA) is 48.9 Å². The van der Waals surface area contributed by atoms with Crippen LogP contribution in [0.25, 0.3) is 0 Å². The van der Waals surface area contributed by atoms with Gasteiger partial charge in [-0.05, 0) is 32.6 Å². The van der Waals surface area contributed by atoms with Crippen LogP contribution in [0.3, 0.4) is 0 Å². The van der Waals surface area contributed by atoms with E-state index in [9.17, 15) is 0 Å². The third-order valence-electron chi connectivity index (χ3n) is 4.00. The Morgan fingerprint density at radius 1 is 1.27 bits per heavy atom. The largest absolute Gasteiger partial charge is 0.383 e. The van der Waals surface area contributed by atoms with Crippen LogP contribution < -0.4 is 10.6 Å². The predicted octanol–water partition coefficient (Wildman–Crippen LogP) is 1.99. The van der Waals surface area contributed by atoms with Gasteiger partial charge in [0, 0.05) is 38.8 Å². The van der Waals surface area contributed by atoms with E-state index in [4.69, 9.17) is 9.73 Å². The number of nitrogens with zero attached hydrogens (tertiary/aromatic N) is 2. The van der Waals surface area contributed by atoms with E-state index in [1.807, 2.05) is 0 Å². The summed E-state index contributed by atoms with van der Waals surface area (Å²) in [4.78, 5) is 7.23. The molecule has 0 heterocycles. The quantitative estimate of drug-likeness (QED) is 0.258. The minimum atomic E-state index is 0. The highest BCUT2D eigenvalue weighted by atomic mass is 127. The molecule has 0 unspecified atom stereocenters. The molecule has 0 radical (unpaired) electrons. The van der Waals surface area contributed by atoms with Gasteiger partial charge in [-0.2, -0.15) is 0 Å². The van der Waals surface area contributed by atoms with Crippen LogP contribution in [0.5, 0.6) is 0 Å². The molecule has 1 saturated carbocycles. The highest BCUT2D eigenvalue weighted by Gasteiger charge is 2.28. The summed E-state index contributed by atoms with van der Waals surface area (Å²) in [6.45, 7) is 6.71. The second-order valence-corrected chi connectivity index (χ2v) is 5.80. The summed E-state index contributed by atoms with van der Waals surface area (Å²) in [7, 11) is 1.77. The van der Waals surface area contributed by atoms with Gasteiger partial charge in [-0.3, -0.25) is 9.89 Å². The van der Waals surface area contributed by atoms with Gasteiger partial charge in [-0.15, -0.1) is 24.0 Å². The Morgan fingerprint density at radius 3 is 2.59 bits per heavy atom. The van der Waals surface area contributed by atoms with E-state index in [1.54, 1.807) is 7.11 Å². The minimum Gasteiger partial charge on any atom is -0.383 e. The molecule has 2 N–H and O–H groups in total. The monoisotopic (exact) mass is 422 g/mol. The summed E-state index contributed by atoms with van der Waals surface area (Å²) < 4.78 is 5.20. The maximum absolute atomic E-state index is 5.20. The zero-order chi connectivity index (χ0) is 14.9. The fourth-order valence-electron chi connectivity index (χ4n) is 2.66. The van der Waals surface area contributed by atoms with Gasteiger partial charge >= 0.3 is 0 Å². The van der Waals surface area contributed by atoms with Gasteiger partial charge in [0.25, 0.3) is 0 Å². The molecule has 128 valence electrons. The van der Waals surface area contributed by atoms with Crippen LogP contribution in [-0.4, -0.2) is 62.8 Å². The molecule has 2 aliphatic carbocycles. The smallest absolute Gasteiger partial charge is 0.191 e. The van der Waals surface area contributed by atoms with Crippen molar-refractivity contribution in [3.8, 4) is 0 Å². The first-order valence-corrected chi connectivity index (χ1v) is 8.26. The lowest BCUT2D eigenvalue weighted by molar-refractivity contribution is 0.145. The number of halogens is 1. The second-order valence-electron chi connectivity index (χ2n) is 5.80. The SMILES string of the molecule is CCNC(=NCCN(CCOC)C1CC1)NC1CC=CC1.I. The van der Waals surface area contributed by atoms with Gasteiger partial charge in [0.1, 0.15) is 0 Å². The molecular formula is C16H31IN4O. The van der Waals surface area contributed by atoms with Crippen molar-refractivity contribution in [1.29, 1.82) is 0 Å². The Balaban J connectivity index is 0.00000242. The van der Waals surface area contributed by atoms with Crippen molar-refractivity contribution in [2.24, 2.45) is 4.99 Å². The van der Waals surface area contributed by atoms with Gasteiger partial charge in [0.05, 0.1) is 13.2 Å². The minimum absolute atomic E-state index is 0. The van der Waals surface area contributed by atoms with E-state index in [1.165, 1.54) is 12.8 Å². The first-order valence-electron chi connectivity index (χ1n) is 8.26. The van der Waals surface area contributed by atoms with Crippen molar-refractivity contribution in [2.75, 3.05) is 39.9 Å². The maximum atomic E-state index is 5.20. The van der Waals surface area contributed by atoms with Gasteiger partial charge in [-0.1, -0.05) is 12.2 Å². The Morgan fingerprint density at radius 2 is 2.00 bits per heavy atom. The lowest BCUT2D eigenvalue weighted by Crippen LogP contribution is -2.43. The van der Waals surface area contributed by atoms with E-state index >= 15 is 0 Å². The van der Waals surface area contributed by atoms with Gasteiger partial charge in [0.15, 0.2) is 5.96 Å². The van der Waals surface area contributed by atoms with Gasteiger partial charge in [-0.25, -0.2) is 0 Å². The van der Waals surface area contributed by atoms with Crippen LogP contribution in [0.1, 0.15) is 32.6 Å². The Kier molecular flexibility index (Phi) is 10.1. The molecule has 2 rings (SSSR count). The number of hydrogen-bond acceptors (Lipinski definition) is 3. The standard InChI is InChI=1S/C16H30N4O.HI/c1-3-17-16(19-14-6-4-5-7-14)18-10-11-20(12-13-21-2)15-8-9-15;/h4-5,14-15H,3,6-13H2,1-2H3,(H2,17,18,19);1H. The maximum Gasteiger partial charge on any atom is 0.191 e. The summed E-state index contributed by atoms with van der Waals surface area (Å²) in [5.74, 6) is 0.952. The fourth-order valence-corrected chi connectivity index (χ4v) is 2.66. The zero-order valence-corrected chi connectivity index (χ0v) is 16.2. The average Bonchev–Trinajstić information content (AvgIpc) is 3.20. The Labute approximate surface area is 152 Å². The van der Waals surface area contributed by atoms with E-state index < -0.39 is 0 Å². The lowest BCUT2D eigenvalue weighted by Gasteiger charge is -2.21. The number of hydrogen-bond donors (Lipinski definition) is 2. The summed E-state index contributed by atoms with van der Waals surface area (Å²) in [6.07, 6.45) is 9.35. The molecule has 0 spiro atoms. The fraction of sp³-hybridized carbons (Fsp3) is 0.812. The normalized spacial score (nSPS) is 18.6. The lowest BCUT2D eigenvalue weighted by atomic mass is 10.2. The van der Waals surface area contributed by atoms with Gasteiger partial charge in [0.2, 0.25) is 0 Å². The molecule has 0 bridgehead atoms. The van der Waals surface area contributed by atoms with Crippen LogP contribution in [0.15, 0.2) is 17.1 Å². The summed E-state index contributed by atoms with van der Waals surface area (Å²) in [6, 6.07) is 1.28. The molecular weight excluding hydrogens is 391 g/mol. The first-order chi connectivity index (χ1) is 10.3. The van der Waals surface area contributed by atoms with Crippen LogP contribution >= 0.6 is 24.0 Å². The number of rotatable bonds is 9. The molecule has 5 nitrogen and oxygen atoms in total. The molecule has 0 atom stereocenters. The van der Waals surface area contributed by atoms with Crippen LogP contribution in [0.4, 0.5) is 0 Å². The van der Waals surface area contributed by atoms with E-state index in [2.05, 4.69) is 34.6 Å². The zero-order valence-electron chi connectivity index (χ0n) is 13.9. The molecule has 22 heavy (non-hydrogen) atoms. The van der Waals surface area contributed by atoms with E-state index in [0.29, 0.717) is 6.04 Å². The number of guanidine groups is 1. The van der Waals surface area contributed by atoms with Gasteiger partial charge < -0.3 is 15.4 Å². The number of aliphatic imine (C=N–C) groups is 1.